The SMILES string of the molecule is C=CC(=O)N1CC(NC(=O)c2c(Cl)nc(CNC(=N)c3cc(C(C)(C)C)c(Cl)cc3N)n2[C@@H]2CCOC2)C1. The highest BCUT2D eigenvalue weighted by Crippen LogP contribution is 2.33. The minimum atomic E-state index is -0.372. The van der Waals surface area contributed by atoms with Gasteiger partial charge in [0.15, 0.2) is 5.15 Å². The van der Waals surface area contributed by atoms with Crippen molar-refractivity contribution in [2.45, 2.75) is 51.2 Å². The number of nitrogen functional groups attached to an aromatic ring is 1. The average molecular weight is 563 g/mol. The van der Waals surface area contributed by atoms with Crippen molar-refractivity contribution in [2.24, 2.45) is 0 Å². The van der Waals surface area contributed by atoms with Crippen LogP contribution in [0.4, 0.5) is 5.69 Å². The van der Waals surface area contributed by atoms with E-state index in [0.717, 1.165) is 5.56 Å². The van der Waals surface area contributed by atoms with Gasteiger partial charge in [0.25, 0.3) is 5.91 Å². The Morgan fingerprint density at radius 3 is 2.63 bits per heavy atom. The predicted molar refractivity (Wildman–Crippen MR) is 148 cm³/mol. The van der Waals surface area contributed by atoms with Crippen LogP contribution in [-0.4, -0.2) is 64.4 Å². The lowest BCUT2D eigenvalue weighted by Gasteiger charge is -2.38. The zero-order valence-corrected chi connectivity index (χ0v) is 23.2. The summed E-state index contributed by atoms with van der Waals surface area (Å²) in [7, 11) is 0. The molecule has 5 N–H and O–H groups in total. The number of benzene rings is 1. The number of carbonyl (C=O) groups is 2. The molecular formula is C26H33Cl2N7O3. The first-order valence-corrected chi connectivity index (χ1v) is 13.1. The number of nitrogens with two attached hydrogens (primary N) is 1. The molecule has 1 atom stereocenters. The molecule has 38 heavy (non-hydrogen) atoms. The van der Waals surface area contributed by atoms with Crippen LogP contribution in [0.3, 0.4) is 0 Å². The van der Waals surface area contributed by atoms with Crippen molar-refractivity contribution in [3.8, 4) is 0 Å². The molecule has 0 unspecified atom stereocenters. The van der Waals surface area contributed by atoms with Gasteiger partial charge in [-0.05, 0) is 35.6 Å². The molecule has 2 fully saturated rings. The van der Waals surface area contributed by atoms with Gasteiger partial charge in [-0.1, -0.05) is 50.6 Å². The standard InChI is InChI=1S/C26H33Cl2N7O3/c1-5-21(36)34-11-14(12-34)32-25(37)22-23(28)33-20(35(22)15-6-7-38-13-15)10-31-24(30)16-8-17(26(2,3)4)18(27)9-19(16)29/h5,8-9,14-15H,1,6-7,10-13,29H2,2-4H3,(H2,30,31)(H,32,37)/t15-/m1/s1. The first-order valence-electron chi connectivity index (χ1n) is 12.4. The maximum Gasteiger partial charge on any atom is 0.271 e. The maximum absolute atomic E-state index is 13.3. The Hall–Kier alpha value is -3.08. The minimum absolute atomic E-state index is 0.0668. The molecule has 0 saturated carbocycles. The maximum atomic E-state index is 13.3. The number of likely N-dealkylation sites (tertiary alicyclic amines) is 1. The average Bonchev–Trinajstić information content (AvgIpc) is 3.45. The number of halogens is 2. The van der Waals surface area contributed by atoms with E-state index in [-0.39, 0.29) is 52.5 Å². The fourth-order valence-corrected chi connectivity index (χ4v) is 5.40. The molecule has 4 rings (SSSR count). The van der Waals surface area contributed by atoms with Crippen molar-refractivity contribution in [3.63, 3.8) is 0 Å². The summed E-state index contributed by atoms with van der Waals surface area (Å²) in [6.07, 6.45) is 1.95. The van der Waals surface area contributed by atoms with Crippen LogP contribution < -0.4 is 16.4 Å². The lowest BCUT2D eigenvalue weighted by Crippen LogP contribution is -2.60. The first-order chi connectivity index (χ1) is 17.9. The van der Waals surface area contributed by atoms with Gasteiger partial charge in [-0.15, -0.1) is 0 Å². The number of anilines is 1. The van der Waals surface area contributed by atoms with E-state index in [9.17, 15) is 9.59 Å². The molecule has 2 aromatic rings. The van der Waals surface area contributed by atoms with Crippen molar-refractivity contribution < 1.29 is 14.3 Å². The largest absolute Gasteiger partial charge is 0.398 e. The Kier molecular flexibility index (Phi) is 8.06. The molecule has 2 aliphatic rings. The molecule has 2 amide bonds. The number of amides is 2. The summed E-state index contributed by atoms with van der Waals surface area (Å²) in [5, 5.41) is 15.3. The number of aromatic nitrogens is 2. The van der Waals surface area contributed by atoms with E-state index in [1.165, 1.54) is 6.08 Å². The summed E-state index contributed by atoms with van der Waals surface area (Å²) < 4.78 is 7.37. The summed E-state index contributed by atoms with van der Waals surface area (Å²) in [5.74, 6) is 0.0585. The summed E-state index contributed by atoms with van der Waals surface area (Å²) in [6, 6.07) is 3.17. The lowest BCUT2D eigenvalue weighted by atomic mass is 9.85. The van der Waals surface area contributed by atoms with Gasteiger partial charge in [0, 0.05) is 36.0 Å². The van der Waals surface area contributed by atoms with Gasteiger partial charge in [0.2, 0.25) is 5.91 Å². The molecule has 1 aromatic carbocycles. The van der Waals surface area contributed by atoms with Gasteiger partial charge in [0.1, 0.15) is 17.4 Å². The van der Waals surface area contributed by atoms with Crippen molar-refractivity contribution in [2.75, 3.05) is 32.0 Å². The molecule has 2 saturated heterocycles. The number of carbonyl (C=O) groups excluding carboxylic acids is 2. The van der Waals surface area contributed by atoms with Crippen LogP contribution in [0, 0.1) is 5.41 Å². The highest BCUT2D eigenvalue weighted by Gasteiger charge is 2.34. The number of imidazole rings is 1. The Labute approximate surface area is 232 Å². The third-order valence-corrected chi connectivity index (χ3v) is 7.35. The van der Waals surface area contributed by atoms with Crippen molar-refractivity contribution in [1.29, 1.82) is 5.41 Å². The second-order valence-corrected chi connectivity index (χ2v) is 11.3. The normalized spacial score (nSPS) is 17.7. The van der Waals surface area contributed by atoms with E-state index >= 15 is 0 Å². The number of hydrogen-bond donors (Lipinski definition) is 4. The van der Waals surface area contributed by atoms with E-state index in [1.54, 1.807) is 15.5 Å². The van der Waals surface area contributed by atoms with Crippen molar-refractivity contribution in [1.82, 2.24) is 25.1 Å². The second kappa shape index (κ2) is 11.0. The van der Waals surface area contributed by atoms with Crippen LogP contribution in [0.1, 0.15) is 60.7 Å². The molecule has 204 valence electrons. The molecule has 12 heteroatoms. The third kappa shape index (κ3) is 5.67. The van der Waals surface area contributed by atoms with Gasteiger partial charge in [-0.2, -0.15) is 0 Å². The van der Waals surface area contributed by atoms with Crippen LogP contribution in [0.5, 0.6) is 0 Å². The minimum Gasteiger partial charge on any atom is -0.398 e. The molecule has 0 radical (unpaired) electrons. The highest BCUT2D eigenvalue weighted by molar-refractivity contribution is 6.32. The predicted octanol–water partition coefficient (Wildman–Crippen LogP) is 3.27. The highest BCUT2D eigenvalue weighted by atomic mass is 35.5. The zero-order valence-electron chi connectivity index (χ0n) is 21.7. The molecule has 10 nitrogen and oxygen atoms in total. The van der Waals surface area contributed by atoms with Gasteiger partial charge < -0.3 is 30.6 Å². The van der Waals surface area contributed by atoms with Gasteiger partial charge in [-0.25, -0.2) is 4.98 Å². The number of ether oxygens (including phenoxy) is 1. The molecule has 1 aromatic heterocycles. The van der Waals surface area contributed by atoms with Crippen LogP contribution in [0.2, 0.25) is 10.2 Å². The number of nitrogens with zero attached hydrogens (tertiary/aromatic N) is 3. The smallest absolute Gasteiger partial charge is 0.271 e. The molecule has 0 spiro atoms. The van der Waals surface area contributed by atoms with Gasteiger partial charge >= 0.3 is 0 Å². The van der Waals surface area contributed by atoms with Crippen LogP contribution in [-0.2, 0) is 21.5 Å². The number of rotatable bonds is 7. The number of hydrogen-bond acceptors (Lipinski definition) is 6. The summed E-state index contributed by atoms with van der Waals surface area (Å²) in [4.78, 5) is 31.0. The monoisotopic (exact) mass is 561 g/mol. The molecule has 3 heterocycles. The van der Waals surface area contributed by atoms with E-state index in [2.05, 4.69) is 22.2 Å². The molecular weight excluding hydrogens is 529 g/mol. The molecule has 2 aliphatic heterocycles. The second-order valence-electron chi connectivity index (χ2n) is 10.6. The van der Waals surface area contributed by atoms with E-state index in [0.29, 0.717) is 54.8 Å². The van der Waals surface area contributed by atoms with Gasteiger partial charge in [0.05, 0.1) is 25.2 Å². The fraction of sp³-hybridized carbons (Fsp3) is 0.462. The first kappa shape index (κ1) is 27.9. The summed E-state index contributed by atoms with van der Waals surface area (Å²) in [6.45, 7) is 11.5. The van der Waals surface area contributed by atoms with Crippen molar-refractivity contribution in [3.05, 3.63) is 57.6 Å². The summed E-state index contributed by atoms with van der Waals surface area (Å²) in [5.41, 5.74) is 7.99. The topological polar surface area (TPSA) is 138 Å². The Morgan fingerprint density at radius 2 is 2.03 bits per heavy atom. The quantitative estimate of drug-likeness (QED) is 0.177. The van der Waals surface area contributed by atoms with E-state index in [4.69, 9.17) is 39.1 Å². The van der Waals surface area contributed by atoms with Gasteiger partial charge in [-0.3, -0.25) is 15.0 Å². The van der Waals surface area contributed by atoms with E-state index < -0.39 is 0 Å². The number of nitrogens with one attached hydrogen (secondary N) is 3. The summed E-state index contributed by atoms with van der Waals surface area (Å²) >= 11 is 12.9. The van der Waals surface area contributed by atoms with Crippen LogP contribution >= 0.6 is 23.2 Å². The fourth-order valence-electron chi connectivity index (χ4n) is 4.67. The van der Waals surface area contributed by atoms with Crippen LogP contribution in [0.15, 0.2) is 24.8 Å². The zero-order chi connectivity index (χ0) is 27.8. The Balaban J connectivity index is 1.54. The Bertz CT molecular complexity index is 1270. The molecule has 0 bridgehead atoms. The molecule has 0 aliphatic carbocycles. The van der Waals surface area contributed by atoms with Crippen LogP contribution in [0.25, 0.3) is 0 Å². The lowest BCUT2D eigenvalue weighted by molar-refractivity contribution is -0.130. The Morgan fingerprint density at radius 1 is 1.32 bits per heavy atom. The number of amidine groups is 1. The third-order valence-electron chi connectivity index (χ3n) is 6.77. The van der Waals surface area contributed by atoms with E-state index in [1.807, 2.05) is 26.8 Å². The van der Waals surface area contributed by atoms with Crippen molar-refractivity contribution >= 4 is 46.5 Å².